The van der Waals surface area contributed by atoms with E-state index in [1.54, 1.807) is 47.0 Å². The van der Waals surface area contributed by atoms with E-state index in [1.165, 1.54) is 12.8 Å². The van der Waals surface area contributed by atoms with Crippen LogP contribution in [-0.4, -0.2) is 39.2 Å². The van der Waals surface area contributed by atoms with Crippen molar-refractivity contribution in [3.8, 4) is 5.69 Å². The van der Waals surface area contributed by atoms with E-state index in [-0.39, 0.29) is 5.91 Å². The number of nitrogens with zero attached hydrogens (tertiary/aromatic N) is 4. The summed E-state index contributed by atoms with van der Waals surface area (Å²) in [5, 5.41) is 4.99. The number of hydrogen-bond donors (Lipinski definition) is 0. The molecular weight excluding hydrogens is 332 g/mol. The SMILES string of the molecule is CSC(CC(=O)N(C)c1cn(-c2cccnc2)nc1Cl)C1CC1. The van der Waals surface area contributed by atoms with Crippen LogP contribution in [0.15, 0.2) is 30.7 Å². The summed E-state index contributed by atoms with van der Waals surface area (Å²) in [6, 6.07) is 3.72. The molecule has 0 radical (unpaired) electrons. The van der Waals surface area contributed by atoms with Gasteiger partial charge in [0.15, 0.2) is 5.15 Å². The molecule has 0 spiro atoms. The van der Waals surface area contributed by atoms with Crippen molar-refractivity contribution in [1.29, 1.82) is 0 Å². The second-order valence-corrected chi connectivity index (χ2v) is 7.16. The molecule has 122 valence electrons. The minimum atomic E-state index is 0.0730. The van der Waals surface area contributed by atoms with Gasteiger partial charge in [0, 0.05) is 24.9 Å². The number of halogens is 1. The molecule has 1 aliphatic rings. The second-order valence-electron chi connectivity index (χ2n) is 5.73. The summed E-state index contributed by atoms with van der Waals surface area (Å²) in [5.41, 5.74) is 1.43. The van der Waals surface area contributed by atoms with Crippen LogP contribution >= 0.6 is 23.4 Å². The second kappa shape index (κ2) is 6.93. The van der Waals surface area contributed by atoms with Crippen molar-refractivity contribution in [1.82, 2.24) is 14.8 Å². The normalized spacial score (nSPS) is 15.4. The molecule has 1 unspecified atom stereocenters. The van der Waals surface area contributed by atoms with Gasteiger partial charge in [0.2, 0.25) is 5.91 Å². The standard InChI is InChI=1S/C16H19ClN4OS/c1-20(15(22)8-14(23-2)11-5-6-11)13-10-21(19-16(13)17)12-4-3-7-18-9-12/h3-4,7,9-11,14H,5-6,8H2,1-2H3. The van der Waals surface area contributed by atoms with Gasteiger partial charge in [-0.1, -0.05) is 11.6 Å². The van der Waals surface area contributed by atoms with Gasteiger partial charge in [-0.15, -0.1) is 0 Å². The Hall–Kier alpha value is -1.53. The summed E-state index contributed by atoms with van der Waals surface area (Å²) < 4.78 is 1.64. The fourth-order valence-corrected chi connectivity index (χ4v) is 3.77. The summed E-state index contributed by atoms with van der Waals surface area (Å²) in [6.07, 6.45) is 10.3. The van der Waals surface area contributed by atoms with Gasteiger partial charge >= 0.3 is 0 Å². The van der Waals surface area contributed by atoms with Gasteiger partial charge in [-0.3, -0.25) is 9.78 Å². The van der Waals surface area contributed by atoms with E-state index in [0.29, 0.717) is 28.4 Å². The van der Waals surface area contributed by atoms with Crippen molar-refractivity contribution >= 4 is 35.0 Å². The monoisotopic (exact) mass is 350 g/mol. The van der Waals surface area contributed by atoms with Crippen LogP contribution in [0.25, 0.3) is 5.69 Å². The Labute approximate surface area is 145 Å². The van der Waals surface area contributed by atoms with Gasteiger partial charge in [-0.05, 0) is 37.1 Å². The Kier molecular flexibility index (Phi) is 4.92. The summed E-state index contributed by atoms with van der Waals surface area (Å²) in [7, 11) is 1.75. The number of pyridine rings is 1. The van der Waals surface area contributed by atoms with Crippen LogP contribution in [0.2, 0.25) is 5.15 Å². The summed E-state index contributed by atoms with van der Waals surface area (Å²) in [4.78, 5) is 18.2. The molecule has 1 saturated carbocycles. The molecule has 0 aromatic carbocycles. The fourth-order valence-electron chi connectivity index (χ4n) is 2.54. The molecule has 1 amide bonds. The highest BCUT2D eigenvalue weighted by molar-refractivity contribution is 7.99. The zero-order chi connectivity index (χ0) is 16.4. The Morgan fingerprint density at radius 3 is 2.96 bits per heavy atom. The summed E-state index contributed by atoms with van der Waals surface area (Å²) >= 11 is 8.01. The maximum atomic E-state index is 12.5. The van der Waals surface area contributed by atoms with Gasteiger partial charge in [0.05, 0.1) is 18.1 Å². The van der Waals surface area contributed by atoms with Crippen LogP contribution < -0.4 is 4.90 Å². The predicted octanol–water partition coefficient (Wildman–Crippen LogP) is 3.42. The summed E-state index contributed by atoms with van der Waals surface area (Å²) in [6.45, 7) is 0. The highest BCUT2D eigenvalue weighted by atomic mass is 35.5. The Morgan fingerprint density at radius 2 is 2.35 bits per heavy atom. The van der Waals surface area contributed by atoms with Crippen molar-refractivity contribution < 1.29 is 4.79 Å². The quantitative estimate of drug-likeness (QED) is 0.801. The minimum Gasteiger partial charge on any atom is -0.311 e. The number of aromatic nitrogens is 3. The Balaban J connectivity index is 1.75. The van der Waals surface area contributed by atoms with E-state index in [9.17, 15) is 4.79 Å². The number of hydrogen-bond acceptors (Lipinski definition) is 4. The molecule has 0 bridgehead atoms. The first-order valence-electron chi connectivity index (χ1n) is 7.55. The van der Waals surface area contributed by atoms with Gasteiger partial charge in [-0.25, -0.2) is 4.68 Å². The third-order valence-corrected chi connectivity index (χ3v) is 5.55. The zero-order valence-electron chi connectivity index (χ0n) is 13.1. The number of carbonyl (C=O) groups is 1. The molecule has 1 aliphatic carbocycles. The molecule has 2 aromatic heterocycles. The first kappa shape index (κ1) is 16.3. The van der Waals surface area contributed by atoms with Crippen LogP contribution in [0, 0.1) is 5.92 Å². The van der Waals surface area contributed by atoms with E-state index in [0.717, 1.165) is 5.69 Å². The smallest absolute Gasteiger partial charge is 0.227 e. The molecule has 0 N–H and O–H groups in total. The van der Waals surface area contributed by atoms with Crippen LogP contribution in [0.4, 0.5) is 5.69 Å². The van der Waals surface area contributed by atoms with E-state index in [4.69, 9.17) is 11.6 Å². The number of anilines is 1. The third kappa shape index (κ3) is 3.70. The average molecular weight is 351 g/mol. The van der Waals surface area contributed by atoms with Crippen molar-refractivity contribution in [2.24, 2.45) is 5.92 Å². The lowest BCUT2D eigenvalue weighted by atomic mass is 10.2. The largest absolute Gasteiger partial charge is 0.311 e. The summed E-state index contributed by atoms with van der Waals surface area (Å²) in [5.74, 6) is 0.764. The van der Waals surface area contributed by atoms with Crippen molar-refractivity contribution in [3.05, 3.63) is 35.9 Å². The maximum Gasteiger partial charge on any atom is 0.227 e. The van der Waals surface area contributed by atoms with Crippen LogP contribution in [-0.2, 0) is 4.79 Å². The predicted molar refractivity (Wildman–Crippen MR) is 94.4 cm³/mol. The first-order valence-corrected chi connectivity index (χ1v) is 9.21. The van der Waals surface area contributed by atoms with E-state index in [1.807, 2.05) is 12.1 Å². The van der Waals surface area contributed by atoms with Crippen molar-refractivity contribution in [3.63, 3.8) is 0 Å². The minimum absolute atomic E-state index is 0.0730. The Morgan fingerprint density at radius 1 is 1.57 bits per heavy atom. The van der Waals surface area contributed by atoms with Gasteiger partial charge in [-0.2, -0.15) is 16.9 Å². The van der Waals surface area contributed by atoms with Crippen molar-refractivity contribution in [2.75, 3.05) is 18.2 Å². The molecule has 1 fully saturated rings. The molecule has 2 heterocycles. The van der Waals surface area contributed by atoms with E-state index in [2.05, 4.69) is 16.3 Å². The first-order chi connectivity index (χ1) is 11.1. The molecule has 7 heteroatoms. The molecule has 5 nitrogen and oxygen atoms in total. The lowest BCUT2D eigenvalue weighted by Gasteiger charge is -2.19. The molecule has 1 atom stereocenters. The number of thioether (sulfide) groups is 1. The molecule has 23 heavy (non-hydrogen) atoms. The number of carbonyl (C=O) groups excluding carboxylic acids is 1. The highest BCUT2D eigenvalue weighted by Gasteiger charge is 2.33. The van der Waals surface area contributed by atoms with Crippen LogP contribution in [0.1, 0.15) is 19.3 Å². The lowest BCUT2D eigenvalue weighted by Crippen LogP contribution is -2.29. The van der Waals surface area contributed by atoms with E-state index >= 15 is 0 Å². The molecule has 2 aromatic rings. The van der Waals surface area contributed by atoms with Gasteiger partial charge in [0.25, 0.3) is 0 Å². The van der Waals surface area contributed by atoms with Crippen LogP contribution in [0.3, 0.4) is 0 Å². The third-order valence-electron chi connectivity index (χ3n) is 4.12. The number of rotatable bonds is 6. The molecule has 0 saturated heterocycles. The van der Waals surface area contributed by atoms with E-state index < -0.39 is 0 Å². The fraction of sp³-hybridized carbons (Fsp3) is 0.438. The molecular formula is C16H19ClN4OS. The van der Waals surface area contributed by atoms with Crippen LogP contribution in [0.5, 0.6) is 0 Å². The maximum absolute atomic E-state index is 12.5. The molecule has 3 rings (SSSR count). The van der Waals surface area contributed by atoms with Crippen molar-refractivity contribution in [2.45, 2.75) is 24.5 Å². The number of amides is 1. The average Bonchev–Trinajstić information content (AvgIpc) is 3.34. The molecule has 0 aliphatic heterocycles. The van der Waals surface area contributed by atoms with Gasteiger partial charge in [0.1, 0.15) is 5.69 Å². The Bertz CT molecular complexity index is 687. The zero-order valence-corrected chi connectivity index (χ0v) is 14.7. The van der Waals surface area contributed by atoms with Gasteiger partial charge < -0.3 is 4.90 Å². The highest BCUT2D eigenvalue weighted by Crippen LogP contribution is 2.40. The topological polar surface area (TPSA) is 51.0 Å². The lowest BCUT2D eigenvalue weighted by molar-refractivity contribution is -0.118.